The van der Waals surface area contributed by atoms with E-state index in [4.69, 9.17) is 0 Å². The maximum atomic E-state index is 4.66. The third-order valence-corrected chi connectivity index (χ3v) is 7.05. The zero-order chi connectivity index (χ0) is 15.6. The van der Waals surface area contributed by atoms with E-state index in [9.17, 15) is 0 Å². The minimum atomic E-state index is 0.478. The van der Waals surface area contributed by atoms with E-state index in [2.05, 4.69) is 45.7 Å². The number of hydrogen-bond donors (Lipinski definition) is 1. The number of fused-ring (bicyclic) bond motifs is 1. The molecule has 2 atom stereocenters. The first-order valence-corrected chi connectivity index (χ1v) is 10.2. The number of hydrogen-bond acceptors (Lipinski definition) is 5. The fourth-order valence-electron chi connectivity index (χ4n) is 3.44. The maximum Gasteiger partial charge on any atom is 0.128 e. The molecule has 2 aromatic rings. The monoisotopic (exact) mass is 345 g/mol. The van der Waals surface area contributed by atoms with Crippen molar-refractivity contribution in [2.75, 3.05) is 18.0 Å². The third kappa shape index (κ3) is 3.42. The van der Waals surface area contributed by atoms with Crippen molar-refractivity contribution in [1.29, 1.82) is 0 Å². The Morgan fingerprint density at radius 3 is 2.91 bits per heavy atom. The van der Waals surface area contributed by atoms with Crippen LogP contribution in [0.1, 0.15) is 43.4 Å². The number of nitrogens with zero attached hydrogens (tertiary/aromatic N) is 2. The lowest BCUT2D eigenvalue weighted by Gasteiger charge is -2.27. The van der Waals surface area contributed by atoms with Gasteiger partial charge >= 0.3 is 0 Å². The van der Waals surface area contributed by atoms with Crippen molar-refractivity contribution in [3.8, 4) is 0 Å². The predicted molar refractivity (Wildman–Crippen MR) is 99.5 cm³/mol. The zero-order valence-corrected chi connectivity index (χ0v) is 15.1. The van der Waals surface area contributed by atoms with Crippen molar-refractivity contribution in [3.63, 3.8) is 0 Å². The van der Waals surface area contributed by atoms with E-state index in [-0.39, 0.29) is 0 Å². The van der Waals surface area contributed by atoms with Gasteiger partial charge in [-0.2, -0.15) is 0 Å². The molecule has 2 aliphatic heterocycles. The lowest BCUT2D eigenvalue weighted by molar-refractivity contribution is 0.488. The lowest BCUT2D eigenvalue weighted by atomic mass is 10.0. The first-order chi connectivity index (χ1) is 11.3. The van der Waals surface area contributed by atoms with Gasteiger partial charge in [0.15, 0.2) is 0 Å². The number of thiophene rings is 1. The molecule has 0 bridgehead atoms. The minimum absolute atomic E-state index is 0.478. The van der Waals surface area contributed by atoms with Gasteiger partial charge in [0.05, 0.1) is 4.21 Å². The Bertz CT molecular complexity index is 647. The van der Waals surface area contributed by atoms with Crippen molar-refractivity contribution in [2.45, 2.75) is 48.2 Å². The number of thioether (sulfide) groups is 1. The molecule has 0 amide bonds. The highest BCUT2D eigenvalue weighted by Crippen LogP contribution is 2.43. The normalized spacial score (nSPS) is 24.0. The Balaban J connectivity index is 1.39. The van der Waals surface area contributed by atoms with Crippen LogP contribution in [0.15, 0.2) is 34.0 Å². The number of anilines is 1. The highest BCUT2D eigenvalue weighted by atomic mass is 32.2. The second kappa shape index (κ2) is 6.83. The number of rotatable bonds is 4. The summed E-state index contributed by atoms with van der Waals surface area (Å²) >= 11 is 3.90. The molecule has 0 unspecified atom stereocenters. The first kappa shape index (κ1) is 15.5. The number of nitrogens with one attached hydrogen (secondary N) is 1. The molecule has 0 aromatic carbocycles. The molecular formula is C18H23N3S2. The van der Waals surface area contributed by atoms with Crippen molar-refractivity contribution >= 4 is 28.9 Å². The maximum absolute atomic E-state index is 4.66. The molecular weight excluding hydrogens is 322 g/mol. The summed E-state index contributed by atoms with van der Waals surface area (Å²) in [4.78, 5) is 7.04. The number of aromatic nitrogens is 1. The van der Waals surface area contributed by atoms with Gasteiger partial charge in [-0.25, -0.2) is 4.98 Å². The summed E-state index contributed by atoms with van der Waals surface area (Å²) in [6, 6.07) is 7.16. The smallest absolute Gasteiger partial charge is 0.128 e. The standard InChI is InChI=1S/C18H23N3S2/c1-13-10-16(15-6-9-22-18(15)23-13)19-11-14-4-5-17(20-12-14)21-7-2-3-8-21/h4-6,9,12-13,16,19H,2-3,7-8,10-11H2,1H3/t13-,16+/m0/s1. The molecule has 0 saturated carbocycles. The van der Waals surface area contributed by atoms with Crippen molar-refractivity contribution in [2.24, 2.45) is 0 Å². The molecule has 5 heteroatoms. The minimum Gasteiger partial charge on any atom is -0.357 e. The zero-order valence-electron chi connectivity index (χ0n) is 13.5. The summed E-state index contributed by atoms with van der Waals surface area (Å²) in [5.41, 5.74) is 2.76. The van der Waals surface area contributed by atoms with Gasteiger partial charge in [-0.05, 0) is 47.9 Å². The molecule has 0 spiro atoms. The van der Waals surface area contributed by atoms with E-state index in [1.54, 1.807) is 0 Å². The predicted octanol–water partition coefficient (Wildman–Crippen LogP) is 4.46. The molecule has 1 N–H and O–H groups in total. The van der Waals surface area contributed by atoms with E-state index < -0.39 is 0 Å². The molecule has 23 heavy (non-hydrogen) atoms. The van der Waals surface area contributed by atoms with Crippen LogP contribution in [-0.4, -0.2) is 23.3 Å². The van der Waals surface area contributed by atoms with Crippen molar-refractivity contribution in [3.05, 3.63) is 40.9 Å². The summed E-state index contributed by atoms with van der Waals surface area (Å²) in [7, 11) is 0. The molecule has 4 rings (SSSR count). The highest BCUT2D eigenvalue weighted by Gasteiger charge is 2.25. The fourth-order valence-corrected chi connectivity index (χ4v) is 6.00. The summed E-state index contributed by atoms with van der Waals surface area (Å²) in [6.07, 6.45) is 5.83. The van der Waals surface area contributed by atoms with E-state index in [0.717, 1.165) is 25.5 Å². The van der Waals surface area contributed by atoms with Crippen LogP contribution in [0.25, 0.3) is 0 Å². The van der Waals surface area contributed by atoms with Crippen LogP contribution in [0.3, 0.4) is 0 Å². The molecule has 1 saturated heterocycles. The molecule has 0 radical (unpaired) electrons. The molecule has 2 aromatic heterocycles. The largest absolute Gasteiger partial charge is 0.357 e. The Hall–Kier alpha value is -1.04. The first-order valence-electron chi connectivity index (χ1n) is 8.47. The Morgan fingerprint density at radius 2 is 2.13 bits per heavy atom. The summed E-state index contributed by atoms with van der Waals surface area (Å²) in [6.45, 7) is 5.53. The van der Waals surface area contributed by atoms with E-state index in [0.29, 0.717) is 11.3 Å². The van der Waals surface area contributed by atoms with Gasteiger partial charge in [-0.15, -0.1) is 23.1 Å². The number of pyridine rings is 1. The molecule has 1 fully saturated rings. The fraction of sp³-hybridized carbons (Fsp3) is 0.500. The van der Waals surface area contributed by atoms with Gasteiger partial charge < -0.3 is 10.2 Å². The Kier molecular flexibility index (Phi) is 4.60. The Morgan fingerprint density at radius 1 is 1.26 bits per heavy atom. The molecule has 4 heterocycles. The van der Waals surface area contributed by atoms with Gasteiger partial charge in [0.2, 0.25) is 0 Å². The van der Waals surface area contributed by atoms with Gasteiger partial charge in [0, 0.05) is 37.1 Å². The van der Waals surface area contributed by atoms with Crippen LogP contribution in [0.2, 0.25) is 0 Å². The van der Waals surface area contributed by atoms with Crippen LogP contribution in [0.4, 0.5) is 5.82 Å². The average Bonchev–Trinajstić information content (AvgIpc) is 3.24. The summed E-state index contributed by atoms with van der Waals surface area (Å²) < 4.78 is 1.49. The molecule has 2 aliphatic rings. The van der Waals surface area contributed by atoms with Gasteiger partial charge in [-0.3, -0.25) is 0 Å². The third-order valence-electron chi connectivity index (χ3n) is 4.70. The van der Waals surface area contributed by atoms with Crippen LogP contribution in [0.5, 0.6) is 0 Å². The van der Waals surface area contributed by atoms with E-state index in [1.165, 1.54) is 34.6 Å². The lowest BCUT2D eigenvalue weighted by Crippen LogP contribution is -2.26. The van der Waals surface area contributed by atoms with Crippen LogP contribution >= 0.6 is 23.1 Å². The Labute approximate surface area is 146 Å². The SMILES string of the molecule is C[C@H]1C[C@@H](NCc2ccc(N3CCCC3)nc2)c2ccsc2S1. The highest BCUT2D eigenvalue weighted by molar-refractivity contribution is 8.01. The van der Waals surface area contributed by atoms with Gasteiger partial charge in [0.1, 0.15) is 5.82 Å². The van der Waals surface area contributed by atoms with Gasteiger partial charge in [-0.1, -0.05) is 13.0 Å². The molecule has 3 nitrogen and oxygen atoms in total. The second-order valence-electron chi connectivity index (χ2n) is 6.48. The molecule has 122 valence electrons. The molecule has 0 aliphatic carbocycles. The van der Waals surface area contributed by atoms with Crippen LogP contribution < -0.4 is 10.2 Å². The van der Waals surface area contributed by atoms with Gasteiger partial charge in [0.25, 0.3) is 0 Å². The van der Waals surface area contributed by atoms with Crippen molar-refractivity contribution in [1.82, 2.24) is 10.3 Å². The topological polar surface area (TPSA) is 28.2 Å². The second-order valence-corrected chi connectivity index (χ2v) is 9.10. The average molecular weight is 346 g/mol. The van der Waals surface area contributed by atoms with Crippen molar-refractivity contribution < 1.29 is 0 Å². The van der Waals surface area contributed by atoms with Crippen LogP contribution in [0, 0.1) is 0 Å². The summed E-state index contributed by atoms with van der Waals surface area (Å²) in [5.74, 6) is 1.13. The van der Waals surface area contributed by atoms with E-state index >= 15 is 0 Å². The summed E-state index contributed by atoms with van der Waals surface area (Å²) in [5, 5.41) is 6.65. The quantitative estimate of drug-likeness (QED) is 0.885. The van der Waals surface area contributed by atoms with E-state index in [1.807, 2.05) is 29.3 Å². The van der Waals surface area contributed by atoms with Crippen LogP contribution in [-0.2, 0) is 6.54 Å².